The second-order valence-electron chi connectivity index (χ2n) is 11.1. The normalized spacial score (nSPS) is 15.9. The van der Waals surface area contributed by atoms with Crippen LogP contribution in [-0.4, -0.2) is 9.52 Å². The van der Waals surface area contributed by atoms with Crippen LogP contribution in [0.2, 0.25) is 11.1 Å². The summed E-state index contributed by atoms with van der Waals surface area (Å²) in [5.41, 5.74) is 7.75. The Morgan fingerprint density at radius 2 is 1.00 bits per heavy atom. The minimum absolute atomic E-state index is 0.826. The molecular formula is C34H44Cl2SiZr. The Balaban J connectivity index is 0.000000151. The molecule has 2 fully saturated rings. The fourth-order valence-corrected chi connectivity index (χ4v) is 8.10. The summed E-state index contributed by atoms with van der Waals surface area (Å²) in [6.07, 6.45) is 15.4. The summed E-state index contributed by atoms with van der Waals surface area (Å²) >= 11 is -0.826. The first-order valence-electron chi connectivity index (χ1n) is 14.4. The summed E-state index contributed by atoms with van der Waals surface area (Å²) in [6, 6.07) is 21.8. The zero-order chi connectivity index (χ0) is 27.3. The van der Waals surface area contributed by atoms with Crippen molar-refractivity contribution in [1.29, 1.82) is 0 Å². The van der Waals surface area contributed by atoms with Gasteiger partial charge in [0.2, 0.25) is 0 Å². The van der Waals surface area contributed by atoms with E-state index in [1.807, 2.05) is 0 Å². The summed E-state index contributed by atoms with van der Waals surface area (Å²) in [7, 11) is 11.2. The molecule has 4 aromatic rings. The topological polar surface area (TPSA) is 0 Å². The monoisotopic (exact) mass is 640 g/mol. The molecule has 0 N–H and O–H groups in total. The molecular weight excluding hydrogens is 599 g/mol. The van der Waals surface area contributed by atoms with Crippen LogP contribution in [0.3, 0.4) is 0 Å². The van der Waals surface area contributed by atoms with E-state index < -0.39 is 20.8 Å². The maximum absolute atomic E-state index is 4.93. The van der Waals surface area contributed by atoms with Gasteiger partial charge < -0.3 is 0 Å². The maximum atomic E-state index is 4.93. The average Bonchev–Trinajstić information content (AvgIpc) is 3.49. The molecule has 0 bridgehead atoms. The number of rotatable bonds is 2. The van der Waals surface area contributed by atoms with Crippen LogP contribution in [-0.2, 0) is 20.8 Å². The Morgan fingerprint density at radius 3 is 1.34 bits per heavy atom. The van der Waals surface area contributed by atoms with Crippen molar-refractivity contribution in [3.05, 3.63) is 82.9 Å². The molecule has 6 rings (SSSR count). The molecule has 0 amide bonds. The predicted octanol–water partition coefficient (Wildman–Crippen LogP) is 11.9. The molecule has 2 aliphatic rings. The summed E-state index contributed by atoms with van der Waals surface area (Å²) < 4.78 is 0. The van der Waals surface area contributed by atoms with Gasteiger partial charge in [-0.15, -0.1) is 69.1 Å². The van der Waals surface area contributed by atoms with Crippen molar-refractivity contribution in [2.24, 2.45) is 0 Å². The van der Waals surface area contributed by atoms with Crippen LogP contribution in [0.15, 0.2) is 60.7 Å². The first kappa shape index (κ1) is 31.9. The molecule has 0 atom stereocenters. The SMILES string of the molecule is C1CCC([Si]C2CCCCC2)CC1.Cc1cc2c(C)cccc2[cH-]1.Cc1cc2c(C)cccc2[cH-]1.[Cl][Zr+2][Cl]. The Morgan fingerprint density at radius 1 is 0.632 bits per heavy atom. The summed E-state index contributed by atoms with van der Waals surface area (Å²) in [4.78, 5) is 0. The van der Waals surface area contributed by atoms with Gasteiger partial charge in [-0.1, -0.05) is 101 Å². The Kier molecular flexibility index (Phi) is 14.4. The molecule has 38 heavy (non-hydrogen) atoms. The first-order chi connectivity index (χ1) is 18.4. The van der Waals surface area contributed by atoms with Crippen molar-refractivity contribution in [3.63, 3.8) is 0 Å². The van der Waals surface area contributed by atoms with Crippen molar-refractivity contribution in [3.8, 4) is 0 Å². The molecule has 2 saturated carbocycles. The third-order valence-corrected chi connectivity index (χ3v) is 10.0. The van der Waals surface area contributed by atoms with E-state index >= 15 is 0 Å². The Labute approximate surface area is 253 Å². The van der Waals surface area contributed by atoms with Gasteiger partial charge in [0.15, 0.2) is 0 Å². The van der Waals surface area contributed by atoms with E-state index in [9.17, 15) is 0 Å². The predicted molar refractivity (Wildman–Crippen MR) is 169 cm³/mol. The van der Waals surface area contributed by atoms with Crippen molar-refractivity contribution < 1.29 is 20.8 Å². The molecule has 0 saturated heterocycles. The first-order valence-corrected chi connectivity index (χ1v) is 21.9. The van der Waals surface area contributed by atoms with Crippen LogP contribution < -0.4 is 0 Å². The molecule has 0 nitrogen and oxygen atoms in total. The van der Waals surface area contributed by atoms with Crippen molar-refractivity contribution in [2.75, 3.05) is 0 Å². The van der Waals surface area contributed by atoms with Crippen LogP contribution in [0.4, 0.5) is 0 Å². The zero-order valence-electron chi connectivity index (χ0n) is 23.8. The molecule has 0 aromatic heterocycles. The van der Waals surface area contributed by atoms with Gasteiger partial charge in [-0.2, -0.15) is 12.1 Å². The quantitative estimate of drug-likeness (QED) is 0.151. The van der Waals surface area contributed by atoms with E-state index in [0.29, 0.717) is 0 Å². The molecule has 2 aliphatic carbocycles. The summed E-state index contributed by atoms with van der Waals surface area (Å²) in [5, 5.41) is 5.51. The van der Waals surface area contributed by atoms with Crippen LogP contribution in [0.25, 0.3) is 21.5 Å². The third-order valence-electron chi connectivity index (χ3n) is 7.91. The second-order valence-corrected chi connectivity index (χ2v) is 16.8. The Hall–Kier alpha value is -0.660. The van der Waals surface area contributed by atoms with Crippen LogP contribution in [0.5, 0.6) is 0 Å². The van der Waals surface area contributed by atoms with Gasteiger partial charge in [0, 0.05) is 9.52 Å². The van der Waals surface area contributed by atoms with Gasteiger partial charge in [-0.05, 0) is 24.9 Å². The number of hydrogen-bond donors (Lipinski definition) is 0. The van der Waals surface area contributed by atoms with Gasteiger partial charge in [0.05, 0.1) is 0 Å². The fraction of sp³-hybridized carbons (Fsp3) is 0.471. The van der Waals surface area contributed by atoms with E-state index in [1.54, 1.807) is 25.7 Å². The van der Waals surface area contributed by atoms with Gasteiger partial charge in [-0.25, -0.2) is 0 Å². The number of halogens is 2. The third kappa shape index (κ3) is 10.4. The number of hydrogen-bond acceptors (Lipinski definition) is 0. The van der Waals surface area contributed by atoms with E-state index in [1.165, 1.54) is 91.8 Å². The fourth-order valence-electron chi connectivity index (χ4n) is 5.95. The molecule has 0 heterocycles. The van der Waals surface area contributed by atoms with E-state index in [-0.39, 0.29) is 0 Å². The molecule has 4 aromatic carbocycles. The molecule has 0 aliphatic heterocycles. The number of aryl methyl sites for hydroxylation is 4. The minimum atomic E-state index is -0.826. The molecule has 2 radical (unpaired) electrons. The van der Waals surface area contributed by atoms with Gasteiger partial charge in [0.25, 0.3) is 0 Å². The van der Waals surface area contributed by atoms with Gasteiger partial charge in [-0.3, -0.25) is 0 Å². The van der Waals surface area contributed by atoms with Gasteiger partial charge >= 0.3 is 37.9 Å². The van der Waals surface area contributed by atoms with E-state index in [2.05, 4.69) is 88.4 Å². The van der Waals surface area contributed by atoms with E-state index in [4.69, 9.17) is 17.0 Å². The summed E-state index contributed by atoms with van der Waals surface area (Å²) in [5.74, 6) is 0. The number of benzene rings is 2. The van der Waals surface area contributed by atoms with Crippen molar-refractivity contribution in [1.82, 2.24) is 0 Å². The number of fused-ring (bicyclic) bond motifs is 2. The molecule has 0 unspecified atom stereocenters. The Bertz CT molecular complexity index is 1120. The van der Waals surface area contributed by atoms with E-state index in [0.717, 1.165) is 11.1 Å². The van der Waals surface area contributed by atoms with Crippen LogP contribution >= 0.6 is 17.0 Å². The second kappa shape index (κ2) is 17.2. The average molecular weight is 643 g/mol. The summed E-state index contributed by atoms with van der Waals surface area (Å²) in [6.45, 7) is 8.59. The van der Waals surface area contributed by atoms with Gasteiger partial charge in [0.1, 0.15) is 0 Å². The molecule has 0 spiro atoms. The zero-order valence-corrected chi connectivity index (χ0v) is 28.7. The van der Waals surface area contributed by atoms with Crippen LogP contribution in [0, 0.1) is 27.7 Å². The standard InChI is InChI=1S/C12H22Si.2C11H11.2ClH.Zr/c1-3-7-11(8-4-1)13-12-9-5-2-6-10-12;2*1-8-6-10-5-3-4-9(2)11(10)7-8;;;/h11-12H,1-10H2;2*3-7H,1-2H3;2*1H;/q;2*-1;;;+4/p-2. The van der Waals surface area contributed by atoms with Crippen LogP contribution in [0.1, 0.15) is 86.5 Å². The van der Waals surface area contributed by atoms with Crippen molar-refractivity contribution in [2.45, 2.75) is 103 Å². The molecule has 202 valence electrons. The molecule has 4 heteroatoms. The van der Waals surface area contributed by atoms with Crippen molar-refractivity contribution >= 4 is 48.1 Å².